The molecule has 0 spiro atoms. The van der Waals surface area contributed by atoms with Crippen molar-refractivity contribution in [1.82, 2.24) is 10.3 Å². The van der Waals surface area contributed by atoms with Gasteiger partial charge < -0.3 is 20.1 Å². The van der Waals surface area contributed by atoms with Crippen LogP contribution >= 0.6 is 11.3 Å². The first-order chi connectivity index (χ1) is 10.0. The maximum Gasteiger partial charge on any atom is 0.304 e. The summed E-state index contributed by atoms with van der Waals surface area (Å²) in [6, 6.07) is 5.97. The standard InChI is InChI=1S/C15H20N2O3S/c1-10-3-11(2)5-14(4-10)20-8-13(18)7-16-6-12-9-21-15(19)17-12/h3-5,9,13,16,18H,6-8H2,1-2H3,(H,17,19). The predicted molar refractivity (Wildman–Crippen MR) is 84.1 cm³/mol. The Bertz CT molecular complexity index is 616. The number of hydrogen-bond donors (Lipinski definition) is 3. The molecule has 1 aromatic heterocycles. The Labute approximate surface area is 127 Å². The molecule has 2 rings (SSSR count). The SMILES string of the molecule is Cc1cc(C)cc(OCC(O)CNCc2csc(=O)[nH]2)c1. The van der Waals surface area contributed by atoms with E-state index in [-0.39, 0.29) is 11.5 Å². The molecule has 0 saturated carbocycles. The summed E-state index contributed by atoms with van der Waals surface area (Å²) in [4.78, 5) is 13.6. The summed E-state index contributed by atoms with van der Waals surface area (Å²) < 4.78 is 5.59. The number of aliphatic hydroxyl groups excluding tert-OH is 1. The molecule has 0 aliphatic carbocycles. The van der Waals surface area contributed by atoms with Crippen molar-refractivity contribution >= 4 is 11.3 Å². The third-order valence-corrected chi connectivity index (χ3v) is 3.62. The van der Waals surface area contributed by atoms with Gasteiger partial charge in [-0.2, -0.15) is 0 Å². The van der Waals surface area contributed by atoms with Crippen molar-refractivity contribution < 1.29 is 9.84 Å². The highest BCUT2D eigenvalue weighted by Crippen LogP contribution is 2.16. The first-order valence-corrected chi connectivity index (χ1v) is 7.67. The average molecular weight is 308 g/mol. The van der Waals surface area contributed by atoms with Gasteiger partial charge in [0.05, 0.1) is 0 Å². The second kappa shape index (κ2) is 7.40. The minimum atomic E-state index is -0.601. The Balaban J connectivity index is 1.71. The van der Waals surface area contributed by atoms with Gasteiger partial charge in [0, 0.05) is 24.2 Å². The number of aromatic amines is 1. The van der Waals surface area contributed by atoms with E-state index >= 15 is 0 Å². The van der Waals surface area contributed by atoms with Gasteiger partial charge in [-0.15, -0.1) is 0 Å². The van der Waals surface area contributed by atoms with E-state index in [1.54, 1.807) is 5.38 Å². The molecule has 1 heterocycles. The number of aryl methyl sites for hydroxylation is 2. The number of thiazole rings is 1. The van der Waals surface area contributed by atoms with Gasteiger partial charge in [-0.25, -0.2) is 0 Å². The molecule has 1 aromatic carbocycles. The van der Waals surface area contributed by atoms with E-state index in [4.69, 9.17) is 4.74 Å². The fourth-order valence-electron chi connectivity index (χ4n) is 2.04. The summed E-state index contributed by atoms with van der Waals surface area (Å²) in [5.41, 5.74) is 3.10. The van der Waals surface area contributed by atoms with Crippen molar-refractivity contribution in [2.45, 2.75) is 26.5 Å². The van der Waals surface area contributed by atoms with E-state index in [0.29, 0.717) is 13.1 Å². The molecule has 21 heavy (non-hydrogen) atoms. The molecule has 1 unspecified atom stereocenters. The van der Waals surface area contributed by atoms with E-state index in [1.807, 2.05) is 26.0 Å². The van der Waals surface area contributed by atoms with Crippen LogP contribution in [0.5, 0.6) is 5.75 Å². The highest BCUT2D eigenvalue weighted by molar-refractivity contribution is 7.07. The van der Waals surface area contributed by atoms with Gasteiger partial charge in [0.2, 0.25) is 0 Å². The van der Waals surface area contributed by atoms with E-state index in [1.165, 1.54) is 0 Å². The van der Waals surface area contributed by atoms with Crippen LogP contribution in [-0.2, 0) is 6.54 Å². The molecule has 2 aromatic rings. The van der Waals surface area contributed by atoms with Crippen molar-refractivity contribution in [2.24, 2.45) is 0 Å². The van der Waals surface area contributed by atoms with Gasteiger partial charge in [0.15, 0.2) is 0 Å². The quantitative estimate of drug-likeness (QED) is 0.726. The minimum absolute atomic E-state index is 0.0644. The molecule has 114 valence electrons. The zero-order valence-electron chi connectivity index (χ0n) is 12.2. The van der Waals surface area contributed by atoms with E-state index < -0.39 is 6.10 Å². The van der Waals surface area contributed by atoms with Crippen LogP contribution in [0.15, 0.2) is 28.4 Å². The Morgan fingerprint density at radius 3 is 2.67 bits per heavy atom. The van der Waals surface area contributed by atoms with E-state index in [2.05, 4.69) is 16.4 Å². The number of ether oxygens (including phenoxy) is 1. The van der Waals surface area contributed by atoms with Gasteiger partial charge in [0.25, 0.3) is 0 Å². The second-order valence-corrected chi connectivity index (χ2v) is 5.93. The summed E-state index contributed by atoms with van der Waals surface area (Å²) in [6.45, 7) is 5.19. The van der Waals surface area contributed by atoms with Gasteiger partial charge in [-0.3, -0.25) is 4.79 Å². The van der Waals surface area contributed by atoms with Gasteiger partial charge >= 0.3 is 4.87 Å². The Hall–Kier alpha value is -1.63. The lowest BCUT2D eigenvalue weighted by molar-refractivity contribution is 0.106. The first-order valence-electron chi connectivity index (χ1n) is 6.79. The maximum atomic E-state index is 11.0. The smallest absolute Gasteiger partial charge is 0.304 e. The lowest BCUT2D eigenvalue weighted by Crippen LogP contribution is -2.31. The normalized spacial score (nSPS) is 12.3. The van der Waals surface area contributed by atoms with Crippen LogP contribution in [0, 0.1) is 13.8 Å². The number of nitrogens with one attached hydrogen (secondary N) is 2. The molecule has 0 radical (unpaired) electrons. The molecule has 0 fully saturated rings. The third kappa shape index (κ3) is 5.34. The zero-order valence-corrected chi connectivity index (χ0v) is 13.0. The highest BCUT2D eigenvalue weighted by atomic mass is 32.1. The fraction of sp³-hybridized carbons (Fsp3) is 0.400. The molecule has 5 nitrogen and oxygen atoms in total. The molecular weight excluding hydrogens is 288 g/mol. The number of rotatable bonds is 7. The van der Waals surface area contributed by atoms with Crippen LogP contribution < -0.4 is 14.9 Å². The largest absolute Gasteiger partial charge is 0.491 e. The van der Waals surface area contributed by atoms with Crippen LogP contribution in [-0.4, -0.2) is 29.3 Å². The third-order valence-electron chi connectivity index (χ3n) is 2.90. The summed E-state index contributed by atoms with van der Waals surface area (Å²) >= 11 is 1.14. The topological polar surface area (TPSA) is 74.3 Å². The number of aliphatic hydroxyl groups is 1. The van der Waals surface area contributed by atoms with Gasteiger partial charge in [-0.1, -0.05) is 17.4 Å². The molecule has 0 bridgehead atoms. The number of hydrogen-bond acceptors (Lipinski definition) is 5. The zero-order chi connectivity index (χ0) is 15.2. The molecule has 0 amide bonds. The van der Waals surface area contributed by atoms with Gasteiger partial charge in [-0.05, 0) is 37.1 Å². The Kier molecular flexibility index (Phi) is 5.55. The molecule has 0 aliphatic rings. The van der Waals surface area contributed by atoms with Crippen LogP contribution in [0.1, 0.15) is 16.8 Å². The van der Waals surface area contributed by atoms with Crippen molar-refractivity contribution in [3.63, 3.8) is 0 Å². The summed E-state index contributed by atoms with van der Waals surface area (Å²) in [5.74, 6) is 0.772. The first kappa shape index (κ1) is 15.8. The monoisotopic (exact) mass is 308 g/mol. The summed E-state index contributed by atoms with van der Waals surface area (Å²) in [6.07, 6.45) is -0.601. The predicted octanol–water partition coefficient (Wildman–Crippen LogP) is 1.58. The fourth-order valence-corrected chi connectivity index (χ4v) is 2.62. The minimum Gasteiger partial charge on any atom is -0.491 e. The van der Waals surface area contributed by atoms with Crippen LogP contribution in [0.3, 0.4) is 0 Å². The van der Waals surface area contributed by atoms with Crippen molar-refractivity contribution in [1.29, 1.82) is 0 Å². The average Bonchev–Trinajstić information content (AvgIpc) is 2.81. The Morgan fingerprint density at radius 2 is 2.05 bits per heavy atom. The number of aromatic nitrogens is 1. The van der Waals surface area contributed by atoms with Crippen molar-refractivity contribution in [3.8, 4) is 5.75 Å². The molecule has 1 atom stereocenters. The van der Waals surface area contributed by atoms with Crippen molar-refractivity contribution in [3.05, 3.63) is 50.1 Å². The molecule has 0 aliphatic heterocycles. The summed E-state index contributed by atoms with van der Waals surface area (Å²) in [7, 11) is 0. The lowest BCUT2D eigenvalue weighted by atomic mass is 10.1. The van der Waals surface area contributed by atoms with E-state index in [0.717, 1.165) is 33.9 Å². The van der Waals surface area contributed by atoms with Crippen molar-refractivity contribution in [2.75, 3.05) is 13.2 Å². The molecule has 6 heteroatoms. The van der Waals surface area contributed by atoms with Crippen LogP contribution in [0.2, 0.25) is 0 Å². The summed E-state index contributed by atoms with van der Waals surface area (Å²) in [5, 5.41) is 14.7. The highest BCUT2D eigenvalue weighted by Gasteiger charge is 2.06. The van der Waals surface area contributed by atoms with Crippen LogP contribution in [0.4, 0.5) is 0 Å². The molecule has 0 saturated heterocycles. The second-order valence-electron chi connectivity index (χ2n) is 5.09. The van der Waals surface area contributed by atoms with Gasteiger partial charge in [0.1, 0.15) is 18.5 Å². The van der Waals surface area contributed by atoms with E-state index in [9.17, 15) is 9.90 Å². The number of benzene rings is 1. The maximum absolute atomic E-state index is 11.0. The molecular formula is C15H20N2O3S. The number of H-pyrrole nitrogens is 1. The molecule has 3 N–H and O–H groups in total. The lowest BCUT2D eigenvalue weighted by Gasteiger charge is -2.13. The van der Waals surface area contributed by atoms with Crippen LogP contribution in [0.25, 0.3) is 0 Å². The Morgan fingerprint density at radius 1 is 1.33 bits per heavy atom.